The minimum Gasteiger partial charge on any atom is -0.389 e. The number of sulfonamides is 1. The Morgan fingerprint density at radius 1 is 1.38 bits per heavy atom. The molecule has 1 atom stereocenters. The Morgan fingerprint density at radius 3 is 2.62 bits per heavy atom. The third kappa shape index (κ3) is 3.68. The van der Waals surface area contributed by atoms with E-state index in [1.165, 1.54) is 17.4 Å². The predicted octanol–water partition coefficient (Wildman–Crippen LogP) is 2.73. The molecule has 0 saturated carbocycles. The number of aryl methyl sites for hydroxylation is 1. The Balaban J connectivity index is 2.28. The SMILES string of the molecule is Cc1cc(S(=O)(=O)NC(C)c2ccsc2)ccc1C(N)=S. The first kappa shape index (κ1) is 16.1. The van der Waals surface area contributed by atoms with Crippen LogP contribution in [0.4, 0.5) is 0 Å². The molecule has 0 amide bonds. The summed E-state index contributed by atoms with van der Waals surface area (Å²) in [5.41, 5.74) is 7.96. The molecule has 3 N–H and O–H groups in total. The number of nitrogens with two attached hydrogens (primary N) is 1. The fourth-order valence-corrected chi connectivity index (χ4v) is 4.27. The molecule has 21 heavy (non-hydrogen) atoms. The number of nitrogens with one attached hydrogen (secondary N) is 1. The van der Waals surface area contributed by atoms with Crippen molar-refractivity contribution in [3.8, 4) is 0 Å². The van der Waals surface area contributed by atoms with Crippen molar-refractivity contribution >= 4 is 38.6 Å². The third-order valence-corrected chi connectivity index (χ3v) is 5.61. The molecule has 0 spiro atoms. The highest BCUT2D eigenvalue weighted by Gasteiger charge is 2.19. The summed E-state index contributed by atoms with van der Waals surface area (Å²) in [4.78, 5) is 0.470. The molecule has 0 aliphatic heterocycles. The summed E-state index contributed by atoms with van der Waals surface area (Å²) in [6.45, 7) is 3.60. The smallest absolute Gasteiger partial charge is 0.241 e. The maximum absolute atomic E-state index is 12.4. The molecule has 7 heteroatoms. The van der Waals surface area contributed by atoms with Crippen LogP contribution in [0, 0.1) is 6.92 Å². The first-order chi connectivity index (χ1) is 9.81. The van der Waals surface area contributed by atoms with E-state index in [4.69, 9.17) is 18.0 Å². The summed E-state index contributed by atoms with van der Waals surface area (Å²) in [5.74, 6) is 0. The molecule has 0 fully saturated rings. The Kier molecular flexibility index (Phi) is 4.77. The average molecular weight is 340 g/mol. The van der Waals surface area contributed by atoms with Crippen LogP contribution in [0.25, 0.3) is 0 Å². The Hall–Kier alpha value is -1.28. The topological polar surface area (TPSA) is 72.2 Å². The van der Waals surface area contributed by atoms with E-state index in [0.29, 0.717) is 5.56 Å². The van der Waals surface area contributed by atoms with Crippen molar-refractivity contribution in [2.75, 3.05) is 0 Å². The Morgan fingerprint density at radius 2 is 2.10 bits per heavy atom. The predicted molar refractivity (Wildman–Crippen MR) is 90.1 cm³/mol. The zero-order valence-electron chi connectivity index (χ0n) is 11.7. The van der Waals surface area contributed by atoms with Crippen LogP contribution >= 0.6 is 23.6 Å². The largest absolute Gasteiger partial charge is 0.389 e. The van der Waals surface area contributed by atoms with Gasteiger partial charge in [0.2, 0.25) is 10.0 Å². The lowest BCUT2D eigenvalue weighted by Gasteiger charge is -2.14. The van der Waals surface area contributed by atoms with Gasteiger partial charge in [-0.15, -0.1) is 0 Å². The molecule has 0 aliphatic carbocycles. The zero-order chi connectivity index (χ0) is 15.6. The quantitative estimate of drug-likeness (QED) is 0.821. The molecular formula is C14H16N2O2S3. The monoisotopic (exact) mass is 340 g/mol. The van der Waals surface area contributed by atoms with E-state index < -0.39 is 10.0 Å². The second kappa shape index (κ2) is 6.23. The van der Waals surface area contributed by atoms with Crippen LogP contribution in [0.3, 0.4) is 0 Å². The van der Waals surface area contributed by atoms with E-state index in [1.54, 1.807) is 19.1 Å². The van der Waals surface area contributed by atoms with Gasteiger partial charge in [0.15, 0.2) is 0 Å². The van der Waals surface area contributed by atoms with Crippen LogP contribution in [-0.4, -0.2) is 13.4 Å². The van der Waals surface area contributed by atoms with Gasteiger partial charge in [0.05, 0.1) is 4.90 Å². The zero-order valence-corrected chi connectivity index (χ0v) is 14.1. The Bertz CT molecular complexity index is 753. The van der Waals surface area contributed by atoms with Gasteiger partial charge in [-0.1, -0.05) is 18.3 Å². The van der Waals surface area contributed by atoms with E-state index in [2.05, 4.69) is 4.72 Å². The summed E-state index contributed by atoms with van der Waals surface area (Å²) in [7, 11) is -3.58. The van der Waals surface area contributed by atoms with Gasteiger partial charge >= 0.3 is 0 Å². The van der Waals surface area contributed by atoms with Gasteiger partial charge in [-0.25, -0.2) is 13.1 Å². The maximum Gasteiger partial charge on any atom is 0.241 e. The van der Waals surface area contributed by atoms with E-state index >= 15 is 0 Å². The molecule has 1 heterocycles. The first-order valence-corrected chi connectivity index (χ1v) is 9.09. The standard InChI is InChI=1S/C14H16N2O2S3/c1-9-7-12(3-4-13(9)14(15)19)21(17,18)16-10(2)11-5-6-20-8-11/h3-8,10,16H,1-2H3,(H2,15,19). The van der Waals surface area contributed by atoms with Crippen LogP contribution in [0.5, 0.6) is 0 Å². The molecular weight excluding hydrogens is 324 g/mol. The number of benzene rings is 1. The average Bonchev–Trinajstić information content (AvgIpc) is 2.91. The number of rotatable bonds is 5. The number of hydrogen-bond donors (Lipinski definition) is 2. The van der Waals surface area contributed by atoms with Crippen LogP contribution in [0.15, 0.2) is 39.9 Å². The van der Waals surface area contributed by atoms with Crippen molar-refractivity contribution in [3.63, 3.8) is 0 Å². The van der Waals surface area contributed by atoms with Crippen LogP contribution < -0.4 is 10.5 Å². The van der Waals surface area contributed by atoms with Crippen molar-refractivity contribution in [1.29, 1.82) is 0 Å². The summed E-state index contributed by atoms with van der Waals surface area (Å²) in [5, 5.41) is 3.84. The molecule has 1 aromatic heterocycles. The summed E-state index contributed by atoms with van der Waals surface area (Å²) in [6.07, 6.45) is 0. The fraction of sp³-hybridized carbons (Fsp3) is 0.214. The molecule has 4 nitrogen and oxygen atoms in total. The first-order valence-electron chi connectivity index (χ1n) is 6.26. The highest BCUT2D eigenvalue weighted by atomic mass is 32.2. The van der Waals surface area contributed by atoms with E-state index in [1.807, 2.05) is 23.8 Å². The van der Waals surface area contributed by atoms with Gasteiger partial charge in [-0.05, 0) is 53.9 Å². The molecule has 112 valence electrons. The van der Waals surface area contributed by atoms with Crippen molar-refractivity contribution in [2.24, 2.45) is 5.73 Å². The molecule has 1 aromatic carbocycles. The lowest BCUT2D eigenvalue weighted by atomic mass is 10.1. The van der Waals surface area contributed by atoms with Crippen molar-refractivity contribution in [1.82, 2.24) is 4.72 Å². The summed E-state index contributed by atoms with van der Waals surface area (Å²) < 4.78 is 27.5. The van der Waals surface area contributed by atoms with E-state index in [0.717, 1.165) is 11.1 Å². The van der Waals surface area contributed by atoms with Gasteiger partial charge in [0, 0.05) is 11.6 Å². The van der Waals surface area contributed by atoms with E-state index in [-0.39, 0.29) is 15.9 Å². The molecule has 0 bridgehead atoms. The lowest BCUT2D eigenvalue weighted by Crippen LogP contribution is -2.27. The summed E-state index contributed by atoms with van der Waals surface area (Å²) in [6, 6.07) is 6.36. The number of thiocarbonyl (C=S) groups is 1. The second-order valence-corrected chi connectivity index (χ2v) is 7.67. The molecule has 0 aliphatic rings. The normalized spacial score (nSPS) is 13.0. The minimum atomic E-state index is -3.58. The van der Waals surface area contributed by atoms with Gasteiger partial charge in [-0.3, -0.25) is 0 Å². The molecule has 0 radical (unpaired) electrons. The van der Waals surface area contributed by atoms with Crippen LogP contribution in [0.1, 0.15) is 29.7 Å². The van der Waals surface area contributed by atoms with Gasteiger partial charge < -0.3 is 5.73 Å². The van der Waals surface area contributed by atoms with E-state index in [9.17, 15) is 8.42 Å². The maximum atomic E-state index is 12.4. The molecule has 2 rings (SSSR count). The highest BCUT2D eigenvalue weighted by molar-refractivity contribution is 7.89. The van der Waals surface area contributed by atoms with Crippen LogP contribution in [-0.2, 0) is 10.0 Å². The second-order valence-electron chi connectivity index (χ2n) is 4.74. The molecule has 2 aromatic rings. The van der Waals surface area contributed by atoms with Gasteiger partial charge in [0.25, 0.3) is 0 Å². The lowest BCUT2D eigenvalue weighted by molar-refractivity contribution is 0.567. The molecule has 1 unspecified atom stereocenters. The number of thiophene rings is 1. The highest BCUT2D eigenvalue weighted by Crippen LogP contribution is 2.20. The number of hydrogen-bond acceptors (Lipinski definition) is 4. The minimum absolute atomic E-state index is 0.210. The fourth-order valence-electron chi connectivity index (χ4n) is 1.97. The third-order valence-electron chi connectivity index (χ3n) is 3.15. The van der Waals surface area contributed by atoms with Gasteiger partial charge in [0.1, 0.15) is 4.99 Å². The molecule has 0 saturated heterocycles. The van der Waals surface area contributed by atoms with Crippen molar-refractivity contribution < 1.29 is 8.42 Å². The van der Waals surface area contributed by atoms with Crippen molar-refractivity contribution in [3.05, 3.63) is 51.7 Å². The van der Waals surface area contributed by atoms with Crippen LogP contribution in [0.2, 0.25) is 0 Å². The summed E-state index contributed by atoms with van der Waals surface area (Å²) >= 11 is 6.46. The Labute approximate surface area is 134 Å². The van der Waals surface area contributed by atoms with Gasteiger partial charge in [-0.2, -0.15) is 11.3 Å². The van der Waals surface area contributed by atoms with Crippen molar-refractivity contribution in [2.45, 2.75) is 24.8 Å².